The highest BCUT2D eigenvalue weighted by Crippen LogP contribution is 2.63. The molecule has 6 heteroatoms. The number of amides is 2. The van der Waals surface area contributed by atoms with E-state index in [0.717, 1.165) is 0 Å². The second kappa shape index (κ2) is 4.55. The van der Waals surface area contributed by atoms with Gasteiger partial charge in [-0.1, -0.05) is 13.8 Å². The van der Waals surface area contributed by atoms with Crippen LogP contribution in [0.2, 0.25) is 0 Å². The summed E-state index contributed by atoms with van der Waals surface area (Å²) in [4.78, 5) is 37.2. The SMILES string of the molecule is CCOC(=O)C(C)(N)CCN1C(=O)C2C(C1=O)C2(C)C. The van der Waals surface area contributed by atoms with Gasteiger partial charge in [0, 0.05) is 6.54 Å². The van der Waals surface area contributed by atoms with E-state index in [1.165, 1.54) is 4.90 Å². The van der Waals surface area contributed by atoms with Gasteiger partial charge >= 0.3 is 5.97 Å². The molecule has 3 unspecified atom stereocenters. The highest BCUT2D eigenvalue weighted by molar-refractivity contribution is 6.10. The van der Waals surface area contributed by atoms with Crippen molar-refractivity contribution in [2.45, 2.75) is 39.7 Å². The van der Waals surface area contributed by atoms with E-state index in [9.17, 15) is 14.4 Å². The summed E-state index contributed by atoms with van der Waals surface area (Å²) in [5.41, 5.74) is 4.50. The minimum atomic E-state index is -1.18. The molecule has 20 heavy (non-hydrogen) atoms. The van der Waals surface area contributed by atoms with Gasteiger partial charge in [0.05, 0.1) is 18.4 Å². The van der Waals surface area contributed by atoms with Crippen molar-refractivity contribution >= 4 is 17.8 Å². The second-order valence-electron chi connectivity index (χ2n) is 6.49. The molecule has 1 saturated heterocycles. The van der Waals surface area contributed by atoms with Gasteiger partial charge in [-0.2, -0.15) is 0 Å². The molecule has 2 aliphatic rings. The quantitative estimate of drug-likeness (QED) is 0.578. The lowest BCUT2D eigenvalue weighted by Crippen LogP contribution is -2.49. The lowest BCUT2D eigenvalue weighted by molar-refractivity contribution is -0.151. The largest absolute Gasteiger partial charge is 0.465 e. The molecule has 2 rings (SSSR count). The van der Waals surface area contributed by atoms with Gasteiger partial charge in [0.15, 0.2) is 0 Å². The molecule has 1 heterocycles. The molecule has 0 aromatic heterocycles. The van der Waals surface area contributed by atoms with Gasteiger partial charge in [-0.25, -0.2) is 0 Å². The van der Waals surface area contributed by atoms with Crippen molar-refractivity contribution in [1.82, 2.24) is 4.90 Å². The Morgan fingerprint density at radius 3 is 2.30 bits per heavy atom. The smallest absolute Gasteiger partial charge is 0.325 e. The maximum atomic E-state index is 12.1. The molecular weight excluding hydrogens is 260 g/mol. The molecule has 0 bridgehead atoms. The Kier molecular flexibility index (Phi) is 3.40. The Labute approximate surface area is 118 Å². The third-order valence-electron chi connectivity index (χ3n) is 4.49. The fourth-order valence-electron chi connectivity index (χ4n) is 2.97. The lowest BCUT2D eigenvalue weighted by atomic mass is 9.98. The highest BCUT2D eigenvalue weighted by atomic mass is 16.5. The van der Waals surface area contributed by atoms with Crippen molar-refractivity contribution in [2.75, 3.05) is 13.2 Å². The van der Waals surface area contributed by atoms with Gasteiger partial charge in [0.1, 0.15) is 5.54 Å². The molecule has 2 fully saturated rings. The van der Waals surface area contributed by atoms with Gasteiger partial charge in [-0.05, 0) is 25.7 Å². The summed E-state index contributed by atoms with van der Waals surface area (Å²) < 4.78 is 4.89. The first-order chi connectivity index (χ1) is 9.14. The number of esters is 1. The zero-order chi connectivity index (χ0) is 15.3. The molecular formula is C14H22N2O4. The number of carbonyl (C=O) groups is 3. The summed E-state index contributed by atoms with van der Waals surface area (Å²) in [6.45, 7) is 7.55. The summed E-state index contributed by atoms with van der Waals surface area (Å²) in [7, 11) is 0. The fraction of sp³-hybridized carbons (Fsp3) is 0.786. The normalized spacial score (nSPS) is 29.9. The van der Waals surface area contributed by atoms with Crippen molar-refractivity contribution in [3.8, 4) is 0 Å². The van der Waals surface area contributed by atoms with E-state index in [1.807, 2.05) is 13.8 Å². The van der Waals surface area contributed by atoms with Crippen LogP contribution in [0, 0.1) is 17.3 Å². The van der Waals surface area contributed by atoms with Crippen molar-refractivity contribution in [1.29, 1.82) is 0 Å². The first kappa shape index (κ1) is 15.0. The summed E-state index contributed by atoms with van der Waals surface area (Å²) in [5.74, 6) is -1.16. The number of hydrogen-bond acceptors (Lipinski definition) is 5. The maximum absolute atomic E-state index is 12.1. The Hall–Kier alpha value is -1.43. The first-order valence-electron chi connectivity index (χ1n) is 6.96. The number of nitrogens with two attached hydrogens (primary N) is 1. The van der Waals surface area contributed by atoms with Gasteiger partial charge in [-0.3, -0.25) is 19.3 Å². The minimum Gasteiger partial charge on any atom is -0.465 e. The standard InChI is InChI=1S/C14H22N2O4/c1-5-20-12(19)14(4,15)6-7-16-10(17)8-9(11(16)18)13(8,2)3/h8-9H,5-7,15H2,1-4H3. The average molecular weight is 282 g/mol. The van der Waals surface area contributed by atoms with E-state index >= 15 is 0 Å². The number of nitrogens with zero attached hydrogens (tertiary/aromatic N) is 1. The van der Waals surface area contributed by atoms with Crippen LogP contribution in [0.3, 0.4) is 0 Å². The third-order valence-corrected chi connectivity index (χ3v) is 4.49. The zero-order valence-corrected chi connectivity index (χ0v) is 12.4. The fourth-order valence-corrected chi connectivity index (χ4v) is 2.97. The van der Waals surface area contributed by atoms with Gasteiger partial charge in [0.25, 0.3) is 0 Å². The maximum Gasteiger partial charge on any atom is 0.325 e. The van der Waals surface area contributed by atoms with Gasteiger partial charge < -0.3 is 10.5 Å². The highest BCUT2D eigenvalue weighted by Gasteiger charge is 2.72. The Morgan fingerprint density at radius 1 is 1.35 bits per heavy atom. The Balaban J connectivity index is 1.95. The predicted molar refractivity (Wildman–Crippen MR) is 71.3 cm³/mol. The third kappa shape index (κ3) is 2.12. The van der Waals surface area contributed by atoms with Crippen molar-refractivity contribution in [2.24, 2.45) is 23.0 Å². The number of likely N-dealkylation sites (tertiary alicyclic amines) is 1. The molecule has 0 aromatic carbocycles. The molecule has 2 amide bonds. The molecule has 2 N–H and O–H groups in total. The number of ether oxygens (including phenoxy) is 1. The summed E-state index contributed by atoms with van der Waals surface area (Å²) in [6, 6.07) is 0. The van der Waals surface area contributed by atoms with Crippen LogP contribution in [0.5, 0.6) is 0 Å². The van der Waals surface area contributed by atoms with Crippen LogP contribution in [0.1, 0.15) is 34.1 Å². The van der Waals surface area contributed by atoms with E-state index in [-0.39, 0.29) is 48.6 Å². The van der Waals surface area contributed by atoms with Crippen LogP contribution in [0.15, 0.2) is 0 Å². The van der Waals surface area contributed by atoms with E-state index in [0.29, 0.717) is 0 Å². The lowest BCUT2D eigenvalue weighted by Gasteiger charge is -2.26. The van der Waals surface area contributed by atoms with Crippen LogP contribution in [-0.2, 0) is 19.1 Å². The summed E-state index contributed by atoms with van der Waals surface area (Å²) >= 11 is 0. The Morgan fingerprint density at radius 2 is 1.85 bits per heavy atom. The van der Waals surface area contributed by atoms with E-state index in [1.54, 1.807) is 13.8 Å². The molecule has 1 aliphatic carbocycles. The minimum absolute atomic E-state index is 0.135. The van der Waals surface area contributed by atoms with Crippen LogP contribution in [0.25, 0.3) is 0 Å². The van der Waals surface area contributed by atoms with Gasteiger partial charge in [-0.15, -0.1) is 0 Å². The van der Waals surface area contributed by atoms with E-state index in [4.69, 9.17) is 10.5 Å². The van der Waals surface area contributed by atoms with Crippen molar-refractivity contribution < 1.29 is 19.1 Å². The van der Waals surface area contributed by atoms with Gasteiger partial charge in [0.2, 0.25) is 11.8 Å². The van der Waals surface area contributed by atoms with E-state index in [2.05, 4.69) is 0 Å². The molecule has 1 saturated carbocycles. The molecule has 0 radical (unpaired) electrons. The number of imide groups is 1. The molecule has 0 aromatic rings. The molecule has 6 nitrogen and oxygen atoms in total. The summed E-state index contributed by atoms with van der Waals surface area (Å²) in [5, 5.41) is 0. The Bertz CT molecular complexity index is 446. The molecule has 1 aliphatic heterocycles. The summed E-state index contributed by atoms with van der Waals surface area (Å²) in [6.07, 6.45) is 0.211. The number of carbonyl (C=O) groups excluding carboxylic acids is 3. The molecule has 112 valence electrons. The monoisotopic (exact) mass is 282 g/mol. The second-order valence-corrected chi connectivity index (χ2v) is 6.49. The van der Waals surface area contributed by atoms with Crippen molar-refractivity contribution in [3.05, 3.63) is 0 Å². The van der Waals surface area contributed by atoms with Crippen LogP contribution < -0.4 is 5.73 Å². The first-order valence-corrected chi connectivity index (χ1v) is 6.96. The van der Waals surface area contributed by atoms with E-state index < -0.39 is 11.5 Å². The predicted octanol–water partition coefficient (Wildman–Crippen LogP) is 0.298. The topological polar surface area (TPSA) is 89.7 Å². The average Bonchev–Trinajstić information content (AvgIpc) is 2.80. The van der Waals surface area contributed by atoms with Crippen LogP contribution in [-0.4, -0.2) is 41.4 Å². The number of piperidine rings is 1. The van der Waals surface area contributed by atoms with Crippen LogP contribution in [0.4, 0.5) is 0 Å². The number of hydrogen-bond donors (Lipinski definition) is 1. The molecule has 3 atom stereocenters. The molecule has 0 spiro atoms. The van der Waals surface area contributed by atoms with Crippen molar-refractivity contribution in [3.63, 3.8) is 0 Å². The van der Waals surface area contributed by atoms with Crippen LogP contribution >= 0.6 is 0 Å². The number of fused-ring (bicyclic) bond motifs is 1. The number of rotatable bonds is 5. The zero-order valence-electron chi connectivity index (χ0n) is 12.4.